The molecule has 0 saturated carbocycles. The molecule has 8 nitrogen and oxygen atoms in total. The molecular formula is C26H32N2O6. The summed E-state index contributed by atoms with van der Waals surface area (Å²) in [6, 6.07) is 15.3. The van der Waals surface area contributed by atoms with Crippen molar-refractivity contribution in [2.24, 2.45) is 0 Å². The molecule has 1 aliphatic rings. The molecule has 0 saturated heterocycles. The van der Waals surface area contributed by atoms with Gasteiger partial charge in [-0.15, -0.1) is 0 Å². The number of likely N-dealkylation sites (N-methyl/N-ethyl adjacent to an activating group) is 1. The Balaban J connectivity index is 1.55. The van der Waals surface area contributed by atoms with Gasteiger partial charge in [0, 0.05) is 26.1 Å². The number of carboxylic acids is 1. The summed E-state index contributed by atoms with van der Waals surface area (Å²) in [5.41, 5.74) is 4.55. The van der Waals surface area contributed by atoms with Gasteiger partial charge < -0.3 is 24.8 Å². The number of nitrogens with zero attached hydrogens (tertiary/aromatic N) is 1. The summed E-state index contributed by atoms with van der Waals surface area (Å²) in [7, 11) is 1.46. The van der Waals surface area contributed by atoms with E-state index in [0.717, 1.165) is 22.3 Å². The van der Waals surface area contributed by atoms with Gasteiger partial charge in [-0.3, -0.25) is 4.79 Å². The fourth-order valence-electron chi connectivity index (χ4n) is 4.40. The maximum absolute atomic E-state index is 12.5. The molecule has 0 spiro atoms. The molecule has 8 heteroatoms. The molecule has 0 bridgehead atoms. The first kappa shape index (κ1) is 25.2. The van der Waals surface area contributed by atoms with E-state index in [4.69, 9.17) is 9.47 Å². The van der Waals surface area contributed by atoms with Crippen LogP contribution in [-0.2, 0) is 19.1 Å². The van der Waals surface area contributed by atoms with Crippen LogP contribution in [0.3, 0.4) is 0 Å². The fourth-order valence-corrected chi connectivity index (χ4v) is 4.40. The molecule has 0 aliphatic heterocycles. The number of nitrogens with one attached hydrogen (secondary N) is 1. The van der Waals surface area contributed by atoms with Gasteiger partial charge in [0.15, 0.2) is 0 Å². The number of alkyl carbamates (subject to hydrolysis) is 1. The Bertz CT molecular complexity index is 978. The van der Waals surface area contributed by atoms with Crippen molar-refractivity contribution in [2.45, 2.75) is 44.8 Å². The molecule has 2 aromatic rings. The number of rotatable bonds is 11. The summed E-state index contributed by atoms with van der Waals surface area (Å²) in [6.07, 6.45) is -0.928. The minimum atomic E-state index is -1.05. The summed E-state index contributed by atoms with van der Waals surface area (Å²) < 4.78 is 11.1. The zero-order valence-corrected chi connectivity index (χ0v) is 19.8. The first-order valence-electron chi connectivity index (χ1n) is 11.6. The number of amides is 2. The van der Waals surface area contributed by atoms with E-state index in [2.05, 4.69) is 29.6 Å². The number of hydrogen-bond donors (Lipinski definition) is 2. The van der Waals surface area contributed by atoms with E-state index in [1.807, 2.05) is 24.3 Å². The average Bonchev–Trinajstić information content (AvgIpc) is 3.15. The van der Waals surface area contributed by atoms with Crippen LogP contribution in [0.1, 0.15) is 43.7 Å². The van der Waals surface area contributed by atoms with Crippen LogP contribution < -0.4 is 5.32 Å². The van der Waals surface area contributed by atoms with Crippen molar-refractivity contribution in [1.82, 2.24) is 10.2 Å². The van der Waals surface area contributed by atoms with E-state index in [1.165, 1.54) is 11.9 Å². The number of carboxylic acid groups (broad SMARTS) is 1. The molecule has 0 radical (unpaired) electrons. The third-order valence-corrected chi connectivity index (χ3v) is 6.16. The van der Waals surface area contributed by atoms with Gasteiger partial charge in [-0.2, -0.15) is 0 Å². The molecule has 34 heavy (non-hydrogen) atoms. The van der Waals surface area contributed by atoms with Crippen molar-refractivity contribution >= 4 is 18.0 Å². The standard InChI is InChI=1S/C26H32N2O6/c1-4-23(25(30)31)28(3)24(29)14-17(33-5-2)15-27-26(32)34-16-22-20-12-8-6-10-18(20)19-11-7-9-13-21(19)22/h6-13,17,22-23H,4-5,14-16H2,1-3H3,(H,27,32)(H,30,31). The summed E-state index contributed by atoms with van der Waals surface area (Å²) in [4.78, 5) is 37.5. The molecule has 2 atom stereocenters. The van der Waals surface area contributed by atoms with Gasteiger partial charge in [0.2, 0.25) is 5.91 Å². The monoisotopic (exact) mass is 468 g/mol. The fraction of sp³-hybridized carbons (Fsp3) is 0.423. The smallest absolute Gasteiger partial charge is 0.407 e. The third-order valence-electron chi connectivity index (χ3n) is 6.16. The van der Waals surface area contributed by atoms with Crippen LogP contribution in [0.15, 0.2) is 48.5 Å². The second-order valence-corrected chi connectivity index (χ2v) is 8.25. The predicted octanol–water partition coefficient (Wildman–Crippen LogP) is 3.64. The van der Waals surface area contributed by atoms with Crippen LogP contribution in [0.5, 0.6) is 0 Å². The largest absolute Gasteiger partial charge is 0.480 e. The van der Waals surface area contributed by atoms with E-state index in [1.54, 1.807) is 13.8 Å². The molecule has 0 heterocycles. The van der Waals surface area contributed by atoms with Gasteiger partial charge in [0.05, 0.1) is 12.5 Å². The number of aliphatic carboxylic acids is 1. The van der Waals surface area contributed by atoms with Gasteiger partial charge in [0.25, 0.3) is 0 Å². The Morgan fingerprint density at radius 2 is 1.62 bits per heavy atom. The van der Waals surface area contributed by atoms with Gasteiger partial charge in [0.1, 0.15) is 12.6 Å². The van der Waals surface area contributed by atoms with Crippen molar-refractivity contribution in [1.29, 1.82) is 0 Å². The second-order valence-electron chi connectivity index (χ2n) is 8.25. The van der Waals surface area contributed by atoms with Gasteiger partial charge in [-0.05, 0) is 35.6 Å². The van der Waals surface area contributed by atoms with E-state index >= 15 is 0 Å². The van der Waals surface area contributed by atoms with E-state index in [-0.39, 0.29) is 31.4 Å². The van der Waals surface area contributed by atoms with E-state index < -0.39 is 24.2 Å². The molecule has 0 aromatic heterocycles. The molecule has 1 aliphatic carbocycles. The zero-order chi connectivity index (χ0) is 24.7. The number of fused-ring (bicyclic) bond motifs is 3. The molecule has 0 fully saturated rings. The lowest BCUT2D eigenvalue weighted by atomic mass is 9.98. The molecule has 2 unspecified atom stereocenters. The maximum Gasteiger partial charge on any atom is 0.407 e. The summed E-state index contributed by atoms with van der Waals surface area (Å²) in [5, 5.41) is 12.0. The highest BCUT2D eigenvalue weighted by Gasteiger charge is 2.30. The number of ether oxygens (including phenoxy) is 2. The lowest BCUT2D eigenvalue weighted by Crippen LogP contribution is -2.44. The predicted molar refractivity (Wildman–Crippen MR) is 128 cm³/mol. The first-order chi connectivity index (χ1) is 16.4. The highest BCUT2D eigenvalue weighted by atomic mass is 16.5. The Morgan fingerprint density at radius 3 is 2.15 bits per heavy atom. The first-order valence-corrected chi connectivity index (χ1v) is 11.6. The van der Waals surface area contributed by atoms with Gasteiger partial charge in [-0.1, -0.05) is 55.5 Å². The second kappa shape index (κ2) is 11.7. The van der Waals surface area contributed by atoms with Crippen LogP contribution >= 0.6 is 0 Å². The average molecular weight is 469 g/mol. The molecule has 2 amide bonds. The van der Waals surface area contributed by atoms with Gasteiger partial charge in [-0.25, -0.2) is 9.59 Å². The Labute approximate surface area is 199 Å². The van der Waals surface area contributed by atoms with Crippen molar-refractivity contribution < 1.29 is 29.0 Å². The van der Waals surface area contributed by atoms with Crippen molar-refractivity contribution in [3.05, 3.63) is 59.7 Å². The number of carbonyl (C=O) groups is 3. The summed E-state index contributed by atoms with van der Waals surface area (Å²) in [6.45, 7) is 4.12. The lowest BCUT2D eigenvalue weighted by Gasteiger charge is -2.26. The molecule has 2 N–H and O–H groups in total. The summed E-state index contributed by atoms with van der Waals surface area (Å²) in [5.74, 6) is -1.46. The van der Waals surface area contributed by atoms with Crippen LogP contribution in [0.25, 0.3) is 11.1 Å². The minimum Gasteiger partial charge on any atom is -0.480 e. The normalized spacial score (nSPS) is 14.0. The number of benzene rings is 2. The molecular weight excluding hydrogens is 436 g/mol. The maximum atomic E-state index is 12.5. The van der Waals surface area contributed by atoms with Crippen LogP contribution in [-0.4, -0.2) is 66.9 Å². The van der Waals surface area contributed by atoms with Crippen LogP contribution in [0.2, 0.25) is 0 Å². The highest BCUT2D eigenvalue weighted by molar-refractivity contribution is 5.83. The Morgan fingerprint density at radius 1 is 1.03 bits per heavy atom. The van der Waals surface area contributed by atoms with Crippen LogP contribution in [0.4, 0.5) is 4.79 Å². The van der Waals surface area contributed by atoms with Crippen LogP contribution in [0, 0.1) is 0 Å². The summed E-state index contributed by atoms with van der Waals surface area (Å²) >= 11 is 0. The Kier molecular flexibility index (Phi) is 8.65. The molecule has 182 valence electrons. The molecule has 3 rings (SSSR count). The van der Waals surface area contributed by atoms with Crippen molar-refractivity contribution in [2.75, 3.05) is 26.8 Å². The topological polar surface area (TPSA) is 105 Å². The third kappa shape index (κ3) is 5.75. The minimum absolute atomic E-state index is 0.0435. The van der Waals surface area contributed by atoms with Crippen molar-refractivity contribution in [3.8, 4) is 11.1 Å². The van der Waals surface area contributed by atoms with E-state index in [0.29, 0.717) is 13.0 Å². The van der Waals surface area contributed by atoms with E-state index in [9.17, 15) is 19.5 Å². The number of carbonyl (C=O) groups excluding carboxylic acids is 2. The van der Waals surface area contributed by atoms with Crippen molar-refractivity contribution in [3.63, 3.8) is 0 Å². The number of hydrogen-bond acceptors (Lipinski definition) is 5. The van der Waals surface area contributed by atoms with Gasteiger partial charge >= 0.3 is 12.1 Å². The highest BCUT2D eigenvalue weighted by Crippen LogP contribution is 2.44. The lowest BCUT2D eigenvalue weighted by molar-refractivity contribution is -0.150. The SMILES string of the molecule is CCOC(CNC(=O)OCC1c2ccccc2-c2ccccc21)CC(=O)N(C)C(CC)C(=O)O. The zero-order valence-electron chi connectivity index (χ0n) is 19.8. The Hall–Kier alpha value is -3.39. The quantitative estimate of drug-likeness (QED) is 0.522. The molecule has 2 aromatic carbocycles.